The summed E-state index contributed by atoms with van der Waals surface area (Å²) in [6, 6.07) is 0. The molecule has 98 valence electrons. The molecular formula is C10H21ClO3S2. The van der Waals surface area contributed by atoms with E-state index in [1.807, 2.05) is 0 Å². The van der Waals surface area contributed by atoms with Crippen LogP contribution in [0.4, 0.5) is 0 Å². The van der Waals surface area contributed by atoms with E-state index in [1.165, 1.54) is 25.7 Å². The molecule has 0 aromatic carbocycles. The molecule has 0 radical (unpaired) electrons. The van der Waals surface area contributed by atoms with Crippen molar-refractivity contribution < 1.29 is 12.9 Å². The molecule has 0 saturated carbocycles. The average Bonchev–Trinajstić information content (AvgIpc) is 2.19. The van der Waals surface area contributed by atoms with Gasteiger partial charge >= 0.3 is 0 Å². The molecule has 0 amide bonds. The smallest absolute Gasteiger partial charge is 0.266 e. The average molecular weight is 289 g/mol. The van der Waals surface area contributed by atoms with Crippen molar-refractivity contribution in [2.45, 2.75) is 51.4 Å². The van der Waals surface area contributed by atoms with Crippen molar-refractivity contribution in [2.75, 3.05) is 12.5 Å². The number of hydrogen-bond donors (Lipinski definition) is 1. The summed E-state index contributed by atoms with van der Waals surface area (Å²) in [7, 11) is -3.41. The molecule has 0 fully saturated rings. The molecule has 0 aromatic heterocycles. The van der Waals surface area contributed by atoms with Crippen molar-refractivity contribution in [2.24, 2.45) is 0 Å². The van der Waals surface area contributed by atoms with E-state index in [1.54, 1.807) is 0 Å². The lowest BCUT2D eigenvalue weighted by atomic mass is 10.1. The molecule has 0 bridgehead atoms. The maximum atomic E-state index is 10.6. The first-order valence-corrected chi connectivity index (χ1v) is 8.64. The molecule has 0 aliphatic carbocycles. The van der Waals surface area contributed by atoms with Crippen LogP contribution in [0.2, 0.25) is 0 Å². The quantitative estimate of drug-likeness (QED) is 0.467. The summed E-state index contributed by atoms with van der Waals surface area (Å²) in [4.78, 5) is 0. The minimum absolute atomic E-state index is 0.283. The van der Waals surface area contributed by atoms with Crippen LogP contribution in [-0.4, -0.2) is 21.2 Å². The summed E-state index contributed by atoms with van der Waals surface area (Å²) in [6.07, 6.45) is 9.01. The summed E-state index contributed by atoms with van der Waals surface area (Å²) < 4.78 is 23.8. The molecule has 0 aliphatic rings. The first-order chi connectivity index (χ1) is 7.56. The van der Waals surface area contributed by atoms with Gasteiger partial charge in [-0.3, -0.25) is 8.74 Å². The van der Waals surface area contributed by atoms with E-state index in [9.17, 15) is 4.21 Å². The van der Waals surface area contributed by atoms with Gasteiger partial charge in [0.1, 0.15) is 0 Å². The molecule has 16 heavy (non-hydrogen) atoms. The highest BCUT2D eigenvalue weighted by Gasteiger charge is 1.98. The predicted octanol–water partition coefficient (Wildman–Crippen LogP) is 3.50. The van der Waals surface area contributed by atoms with E-state index in [2.05, 4.69) is 15.4 Å². The van der Waals surface area contributed by atoms with Crippen molar-refractivity contribution in [3.05, 3.63) is 0 Å². The Morgan fingerprint density at radius 2 is 1.44 bits per heavy atom. The van der Waals surface area contributed by atoms with Gasteiger partial charge in [0, 0.05) is 17.1 Å². The zero-order valence-electron chi connectivity index (χ0n) is 9.53. The summed E-state index contributed by atoms with van der Waals surface area (Å²) in [5, 5.41) is 0. The van der Waals surface area contributed by atoms with Crippen molar-refractivity contribution in [3.63, 3.8) is 0 Å². The zero-order valence-corrected chi connectivity index (χ0v) is 11.9. The second-order valence-electron chi connectivity index (χ2n) is 3.77. The first-order valence-electron chi connectivity index (χ1n) is 5.74. The number of halogens is 1. The SMILES string of the molecule is O=S(O)(=S)OCCCCCCCCCCCl. The standard InChI is InChI=1S/C10H21ClO3S2/c11-9-7-5-3-1-2-4-6-8-10-14-16(12,13)15/h1-10H2,(H,12,13,15). The first kappa shape index (κ1) is 16.6. The van der Waals surface area contributed by atoms with Gasteiger partial charge in [-0.2, -0.15) is 4.21 Å². The molecule has 3 nitrogen and oxygen atoms in total. The Balaban J connectivity index is 3.05. The highest BCUT2D eigenvalue weighted by Crippen LogP contribution is 2.09. The molecular weight excluding hydrogens is 268 g/mol. The fourth-order valence-corrected chi connectivity index (χ4v) is 2.14. The molecule has 1 unspecified atom stereocenters. The van der Waals surface area contributed by atoms with Crippen LogP contribution in [0.25, 0.3) is 0 Å². The molecule has 0 aromatic rings. The molecule has 0 rings (SSSR count). The lowest BCUT2D eigenvalue weighted by molar-refractivity contribution is 0.294. The molecule has 0 saturated heterocycles. The molecule has 6 heteroatoms. The van der Waals surface area contributed by atoms with Gasteiger partial charge in [0.25, 0.3) is 9.05 Å². The van der Waals surface area contributed by atoms with E-state index >= 15 is 0 Å². The lowest BCUT2D eigenvalue weighted by Gasteiger charge is -2.02. The number of hydrogen-bond acceptors (Lipinski definition) is 3. The van der Waals surface area contributed by atoms with Crippen LogP contribution in [0.15, 0.2) is 0 Å². The predicted molar refractivity (Wildman–Crippen MR) is 71.7 cm³/mol. The van der Waals surface area contributed by atoms with E-state index in [0.717, 1.165) is 31.6 Å². The Morgan fingerprint density at radius 3 is 1.88 bits per heavy atom. The fraction of sp³-hybridized carbons (Fsp3) is 1.00. The largest absolute Gasteiger partial charge is 0.285 e. The Bertz CT molecular complexity index is 242. The van der Waals surface area contributed by atoms with Crippen LogP contribution in [0.1, 0.15) is 51.4 Å². The van der Waals surface area contributed by atoms with E-state index < -0.39 is 9.05 Å². The van der Waals surface area contributed by atoms with Gasteiger partial charge in [-0.15, -0.1) is 11.6 Å². The topological polar surface area (TPSA) is 46.5 Å². The molecule has 0 spiro atoms. The second-order valence-corrected chi connectivity index (χ2v) is 6.50. The molecule has 1 N–H and O–H groups in total. The molecule has 1 atom stereocenters. The highest BCUT2D eigenvalue weighted by atomic mass is 35.5. The Morgan fingerprint density at radius 1 is 1.00 bits per heavy atom. The van der Waals surface area contributed by atoms with Crippen LogP contribution in [0, 0.1) is 0 Å². The summed E-state index contributed by atoms with van der Waals surface area (Å²) in [5.74, 6) is 0.763. The minimum Gasteiger partial charge on any atom is -0.285 e. The maximum absolute atomic E-state index is 10.6. The Labute approximate surface area is 109 Å². The summed E-state index contributed by atoms with van der Waals surface area (Å²) in [6.45, 7) is 0.283. The van der Waals surface area contributed by atoms with Gasteiger partial charge in [-0.1, -0.05) is 38.5 Å². The Kier molecular flexibility index (Phi) is 11.1. The number of unbranched alkanes of at least 4 members (excludes halogenated alkanes) is 7. The van der Waals surface area contributed by atoms with Gasteiger partial charge in [-0.05, 0) is 12.8 Å². The molecule has 0 heterocycles. The van der Waals surface area contributed by atoms with Crippen LogP contribution in [-0.2, 0) is 24.4 Å². The normalized spacial score (nSPS) is 14.9. The second kappa shape index (κ2) is 10.7. The van der Waals surface area contributed by atoms with Gasteiger partial charge < -0.3 is 0 Å². The fourth-order valence-electron chi connectivity index (χ4n) is 1.42. The van der Waals surface area contributed by atoms with Gasteiger partial charge in [0.2, 0.25) is 0 Å². The summed E-state index contributed by atoms with van der Waals surface area (Å²) >= 11 is 9.76. The van der Waals surface area contributed by atoms with Crippen molar-refractivity contribution in [3.8, 4) is 0 Å². The van der Waals surface area contributed by atoms with E-state index in [4.69, 9.17) is 16.2 Å². The third-order valence-electron chi connectivity index (χ3n) is 2.26. The third-order valence-corrected chi connectivity index (χ3v) is 3.28. The minimum atomic E-state index is -3.41. The van der Waals surface area contributed by atoms with E-state index in [0.29, 0.717) is 0 Å². The van der Waals surface area contributed by atoms with Gasteiger partial charge in [0.15, 0.2) is 0 Å². The number of alkyl halides is 1. The van der Waals surface area contributed by atoms with Crippen LogP contribution in [0.3, 0.4) is 0 Å². The lowest BCUT2D eigenvalue weighted by Crippen LogP contribution is -2.03. The number of rotatable bonds is 11. The highest BCUT2D eigenvalue weighted by molar-refractivity contribution is 8.27. The van der Waals surface area contributed by atoms with Gasteiger partial charge in [0.05, 0.1) is 6.61 Å². The van der Waals surface area contributed by atoms with Crippen LogP contribution >= 0.6 is 11.6 Å². The van der Waals surface area contributed by atoms with E-state index in [-0.39, 0.29) is 6.61 Å². The monoisotopic (exact) mass is 288 g/mol. The third kappa shape index (κ3) is 14.6. The van der Waals surface area contributed by atoms with Crippen LogP contribution in [0.5, 0.6) is 0 Å². The van der Waals surface area contributed by atoms with Crippen LogP contribution < -0.4 is 0 Å². The van der Waals surface area contributed by atoms with Crippen molar-refractivity contribution >= 4 is 31.8 Å². The van der Waals surface area contributed by atoms with Crippen molar-refractivity contribution in [1.29, 1.82) is 0 Å². The zero-order chi connectivity index (χ0) is 12.3. The Hall–Kier alpha value is 0.580. The summed E-state index contributed by atoms with van der Waals surface area (Å²) in [5.41, 5.74) is 0. The van der Waals surface area contributed by atoms with Gasteiger partial charge in [-0.25, -0.2) is 0 Å². The maximum Gasteiger partial charge on any atom is 0.266 e. The van der Waals surface area contributed by atoms with Crippen molar-refractivity contribution in [1.82, 2.24) is 0 Å². The molecule has 0 aliphatic heterocycles.